The predicted molar refractivity (Wildman–Crippen MR) is 74.3 cm³/mol. The molecule has 0 heterocycles. The number of carbonyl (C=O) groups is 2. The highest BCUT2D eigenvalue weighted by atomic mass is 79.9. The molecule has 4 nitrogen and oxygen atoms in total. The molecule has 0 saturated carbocycles. The summed E-state index contributed by atoms with van der Waals surface area (Å²) >= 11 is 2.93. The van der Waals surface area contributed by atoms with Gasteiger partial charge in [0.25, 0.3) is 5.91 Å². The van der Waals surface area contributed by atoms with Gasteiger partial charge in [-0.2, -0.15) is 0 Å². The summed E-state index contributed by atoms with van der Waals surface area (Å²) in [5, 5.41) is 2.59. The maximum absolute atomic E-state index is 13.7. The zero-order chi connectivity index (χ0) is 15.4. The lowest BCUT2D eigenvalue weighted by Gasteiger charge is -2.18. The topological polar surface area (TPSA) is 49.4 Å². The molecular weight excluding hydrogens is 334 g/mol. The Balaban J connectivity index is 2.87. The number of nitrogens with one attached hydrogen (secondary N) is 1. The van der Waals surface area contributed by atoms with Crippen LogP contribution in [0.5, 0.6) is 0 Å². The van der Waals surface area contributed by atoms with Crippen LogP contribution in [0.1, 0.15) is 24.2 Å². The van der Waals surface area contributed by atoms with Crippen LogP contribution in [0.4, 0.5) is 8.78 Å². The molecule has 1 aromatic rings. The van der Waals surface area contributed by atoms with Gasteiger partial charge in [0, 0.05) is 17.6 Å². The first-order chi connectivity index (χ1) is 9.22. The minimum absolute atomic E-state index is 0.0767. The Labute approximate surface area is 124 Å². The minimum Gasteiger partial charge on any atom is -0.352 e. The molecule has 0 spiro atoms. The van der Waals surface area contributed by atoms with E-state index in [1.165, 1.54) is 7.05 Å². The van der Waals surface area contributed by atoms with Crippen LogP contribution in [0.15, 0.2) is 16.6 Å². The Bertz CT molecular complexity index is 512. The standard InChI is InChI=1S/C13H15BrF2N2O2/c1-7(2)17-11(19)6-18(3)13(20)12-9(15)4-8(14)5-10(12)16/h4-5,7H,6H2,1-3H3,(H,17,19). The maximum atomic E-state index is 13.7. The third-order valence-electron chi connectivity index (χ3n) is 2.40. The summed E-state index contributed by atoms with van der Waals surface area (Å²) in [4.78, 5) is 24.5. The summed E-state index contributed by atoms with van der Waals surface area (Å²) in [5.41, 5.74) is -0.673. The van der Waals surface area contributed by atoms with E-state index in [9.17, 15) is 18.4 Å². The highest BCUT2D eigenvalue weighted by molar-refractivity contribution is 9.10. The molecular formula is C13H15BrF2N2O2. The van der Waals surface area contributed by atoms with E-state index in [-0.39, 0.29) is 17.1 Å². The second-order valence-corrected chi connectivity index (χ2v) is 5.54. The molecule has 1 rings (SSSR count). The van der Waals surface area contributed by atoms with Crippen molar-refractivity contribution < 1.29 is 18.4 Å². The molecule has 1 N–H and O–H groups in total. The highest BCUT2D eigenvalue weighted by Gasteiger charge is 2.23. The first-order valence-corrected chi connectivity index (χ1v) is 6.71. The molecule has 0 aliphatic carbocycles. The lowest BCUT2D eigenvalue weighted by molar-refractivity contribution is -0.122. The van der Waals surface area contributed by atoms with Gasteiger partial charge in [-0.15, -0.1) is 0 Å². The van der Waals surface area contributed by atoms with Crippen molar-refractivity contribution in [2.75, 3.05) is 13.6 Å². The van der Waals surface area contributed by atoms with Crippen LogP contribution in [0, 0.1) is 11.6 Å². The number of carbonyl (C=O) groups excluding carboxylic acids is 2. The van der Waals surface area contributed by atoms with Crippen LogP contribution in [0.25, 0.3) is 0 Å². The number of nitrogens with zero attached hydrogens (tertiary/aromatic N) is 1. The molecule has 0 saturated heterocycles. The van der Waals surface area contributed by atoms with Crippen molar-refractivity contribution in [3.05, 3.63) is 33.8 Å². The second kappa shape index (κ2) is 6.78. The molecule has 0 unspecified atom stereocenters. The average molecular weight is 349 g/mol. The van der Waals surface area contributed by atoms with Crippen LogP contribution >= 0.6 is 15.9 Å². The molecule has 0 atom stereocenters. The van der Waals surface area contributed by atoms with Crippen molar-refractivity contribution in [2.45, 2.75) is 19.9 Å². The minimum atomic E-state index is -0.974. The molecule has 1 aromatic carbocycles. The quantitative estimate of drug-likeness (QED) is 0.907. The Kier molecular flexibility index (Phi) is 5.62. The van der Waals surface area contributed by atoms with Crippen LogP contribution in [0.3, 0.4) is 0 Å². The maximum Gasteiger partial charge on any atom is 0.260 e. The third kappa shape index (κ3) is 4.26. The molecule has 2 amide bonds. The van der Waals surface area contributed by atoms with Gasteiger partial charge in [0.15, 0.2) is 0 Å². The van der Waals surface area contributed by atoms with Gasteiger partial charge in [-0.25, -0.2) is 8.78 Å². The molecule has 0 aliphatic rings. The third-order valence-corrected chi connectivity index (χ3v) is 2.86. The molecule has 0 aromatic heterocycles. The number of hydrogen-bond acceptors (Lipinski definition) is 2. The van der Waals surface area contributed by atoms with Gasteiger partial charge in [0.05, 0.1) is 6.54 Å². The molecule has 20 heavy (non-hydrogen) atoms. The number of halogens is 3. The zero-order valence-electron chi connectivity index (χ0n) is 11.3. The van der Waals surface area contributed by atoms with Crippen LogP contribution in [-0.2, 0) is 4.79 Å². The predicted octanol–water partition coefficient (Wildman–Crippen LogP) is 2.32. The molecule has 110 valence electrons. The molecule has 0 aliphatic heterocycles. The van der Waals surface area contributed by atoms with Gasteiger partial charge in [-0.05, 0) is 26.0 Å². The number of amides is 2. The van der Waals surface area contributed by atoms with Gasteiger partial charge < -0.3 is 10.2 Å². The van der Waals surface area contributed by atoms with E-state index >= 15 is 0 Å². The van der Waals surface area contributed by atoms with Crippen molar-refractivity contribution in [1.82, 2.24) is 10.2 Å². The van der Waals surface area contributed by atoms with Crippen molar-refractivity contribution in [3.8, 4) is 0 Å². The Morgan fingerprint density at radius 2 is 1.80 bits per heavy atom. The van der Waals surface area contributed by atoms with Crippen molar-refractivity contribution in [1.29, 1.82) is 0 Å². The molecule has 0 bridgehead atoms. The Morgan fingerprint density at radius 1 is 1.30 bits per heavy atom. The lowest BCUT2D eigenvalue weighted by Crippen LogP contribution is -2.41. The van der Waals surface area contributed by atoms with E-state index in [0.717, 1.165) is 17.0 Å². The summed E-state index contributed by atoms with van der Waals surface area (Å²) in [6, 6.07) is 1.92. The van der Waals surface area contributed by atoms with Gasteiger partial charge in [-0.3, -0.25) is 9.59 Å². The van der Waals surface area contributed by atoms with Gasteiger partial charge in [0.1, 0.15) is 17.2 Å². The number of likely N-dealkylation sites (N-methyl/N-ethyl adjacent to an activating group) is 1. The first-order valence-electron chi connectivity index (χ1n) is 5.91. The van der Waals surface area contributed by atoms with Crippen LogP contribution in [0.2, 0.25) is 0 Å². The average Bonchev–Trinajstić information content (AvgIpc) is 2.25. The fraction of sp³-hybridized carbons (Fsp3) is 0.385. The van der Waals surface area contributed by atoms with Crippen molar-refractivity contribution >= 4 is 27.7 Å². The smallest absolute Gasteiger partial charge is 0.260 e. The summed E-state index contributed by atoms with van der Waals surface area (Å²) in [6.07, 6.45) is 0. The van der Waals surface area contributed by atoms with Crippen molar-refractivity contribution in [2.24, 2.45) is 0 Å². The fourth-order valence-corrected chi connectivity index (χ4v) is 1.99. The van der Waals surface area contributed by atoms with Gasteiger partial charge >= 0.3 is 0 Å². The summed E-state index contributed by atoms with van der Waals surface area (Å²) < 4.78 is 27.5. The first kappa shape index (κ1) is 16.6. The van der Waals surface area contributed by atoms with Crippen LogP contribution < -0.4 is 5.32 Å². The van der Waals surface area contributed by atoms with E-state index in [1.54, 1.807) is 13.8 Å². The highest BCUT2D eigenvalue weighted by Crippen LogP contribution is 2.20. The van der Waals surface area contributed by atoms with E-state index < -0.39 is 29.0 Å². The van der Waals surface area contributed by atoms with Crippen LogP contribution in [-0.4, -0.2) is 36.3 Å². The van der Waals surface area contributed by atoms with E-state index in [0.29, 0.717) is 0 Å². The second-order valence-electron chi connectivity index (χ2n) is 4.63. The Morgan fingerprint density at radius 3 is 2.25 bits per heavy atom. The van der Waals surface area contributed by atoms with E-state index in [4.69, 9.17) is 0 Å². The zero-order valence-corrected chi connectivity index (χ0v) is 12.9. The lowest BCUT2D eigenvalue weighted by atomic mass is 10.1. The monoisotopic (exact) mass is 348 g/mol. The largest absolute Gasteiger partial charge is 0.352 e. The number of hydrogen-bond donors (Lipinski definition) is 1. The fourth-order valence-electron chi connectivity index (χ4n) is 1.59. The van der Waals surface area contributed by atoms with Crippen molar-refractivity contribution in [3.63, 3.8) is 0 Å². The Hall–Kier alpha value is -1.50. The number of rotatable bonds is 4. The molecule has 0 radical (unpaired) electrons. The van der Waals surface area contributed by atoms with Gasteiger partial charge in [0.2, 0.25) is 5.91 Å². The van der Waals surface area contributed by atoms with E-state index in [1.807, 2.05) is 0 Å². The van der Waals surface area contributed by atoms with Gasteiger partial charge in [-0.1, -0.05) is 15.9 Å². The normalized spacial score (nSPS) is 10.6. The molecule has 0 fully saturated rings. The SMILES string of the molecule is CC(C)NC(=O)CN(C)C(=O)c1c(F)cc(Br)cc1F. The van der Waals surface area contributed by atoms with E-state index in [2.05, 4.69) is 21.2 Å². The summed E-state index contributed by atoms with van der Waals surface area (Å²) in [5.74, 6) is -3.23. The number of benzene rings is 1. The summed E-state index contributed by atoms with van der Waals surface area (Å²) in [7, 11) is 1.31. The molecule has 7 heteroatoms. The summed E-state index contributed by atoms with van der Waals surface area (Å²) in [6.45, 7) is 3.27.